The van der Waals surface area contributed by atoms with Crippen LogP contribution in [0.4, 0.5) is 5.69 Å². The summed E-state index contributed by atoms with van der Waals surface area (Å²) in [5.41, 5.74) is 7.59. The summed E-state index contributed by atoms with van der Waals surface area (Å²) in [5, 5.41) is 0. The fraction of sp³-hybridized carbons (Fsp3) is 0.429. The molecule has 1 aliphatic rings. The highest BCUT2D eigenvalue weighted by Gasteiger charge is 2.25. The third-order valence-corrected chi connectivity index (χ3v) is 4.73. The molecule has 1 fully saturated rings. The van der Waals surface area contributed by atoms with Crippen molar-refractivity contribution in [3.63, 3.8) is 0 Å². The normalized spacial score (nSPS) is 15.7. The molecule has 5 nitrogen and oxygen atoms in total. The third-order valence-electron chi connectivity index (χ3n) is 3.21. The smallest absolute Gasteiger partial charge is 0.301 e. The maximum Gasteiger partial charge on any atom is 0.301 e. The second-order valence-corrected chi connectivity index (χ2v) is 6.42. The Kier molecular flexibility index (Phi) is 4.65. The molecule has 20 heavy (non-hydrogen) atoms. The van der Waals surface area contributed by atoms with E-state index in [1.54, 1.807) is 12.1 Å². The number of nitrogens with one attached hydrogen (secondary N) is 1. The number of rotatable bonds is 3. The lowest BCUT2D eigenvalue weighted by atomic mass is 10.1. The number of nitrogens with zero attached hydrogens (tertiary/aromatic N) is 1. The fourth-order valence-corrected chi connectivity index (χ4v) is 3.52. The Morgan fingerprint density at radius 1 is 1.35 bits per heavy atom. The van der Waals surface area contributed by atoms with Crippen molar-refractivity contribution in [2.75, 3.05) is 24.4 Å². The summed E-state index contributed by atoms with van der Waals surface area (Å²) in [6.07, 6.45) is 1.85. The lowest BCUT2D eigenvalue weighted by Crippen LogP contribution is -2.33. The molecule has 0 amide bonds. The van der Waals surface area contributed by atoms with Crippen molar-refractivity contribution in [3.8, 4) is 11.8 Å². The van der Waals surface area contributed by atoms with Gasteiger partial charge in [-0.3, -0.25) is 4.72 Å². The van der Waals surface area contributed by atoms with Crippen LogP contribution in [-0.4, -0.2) is 32.4 Å². The maximum atomic E-state index is 12.2. The van der Waals surface area contributed by atoms with Crippen molar-refractivity contribution in [3.05, 3.63) is 29.3 Å². The van der Waals surface area contributed by atoms with E-state index in [0.29, 0.717) is 25.3 Å². The number of nitrogens with two attached hydrogens (primary N) is 1. The molecular formula is C14H19N3O2S. The summed E-state index contributed by atoms with van der Waals surface area (Å²) in [6, 6.07) is 5.38. The summed E-state index contributed by atoms with van der Waals surface area (Å²) < 4.78 is 28.5. The van der Waals surface area contributed by atoms with Crippen LogP contribution in [-0.2, 0) is 10.2 Å². The van der Waals surface area contributed by atoms with Gasteiger partial charge in [-0.1, -0.05) is 11.8 Å². The van der Waals surface area contributed by atoms with Gasteiger partial charge >= 0.3 is 10.2 Å². The molecule has 0 unspecified atom stereocenters. The fourth-order valence-electron chi connectivity index (χ4n) is 2.14. The number of hydrogen-bond donors (Lipinski definition) is 2. The third kappa shape index (κ3) is 3.51. The van der Waals surface area contributed by atoms with E-state index in [-0.39, 0.29) is 0 Å². The Bertz CT molecular complexity index is 638. The van der Waals surface area contributed by atoms with Crippen LogP contribution < -0.4 is 10.5 Å². The standard InChI is InChI=1S/C14H19N3O2S/c1-12-11-13(5-4-8-15)6-7-14(12)16-20(18,19)17-9-2-3-10-17/h6-7,11,16H,2-3,8-10,15H2,1H3. The van der Waals surface area contributed by atoms with Crippen molar-refractivity contribution in [2.45, 2.75) is 19.8 Å². The van der Waals surface area contributed by atoms with Crippen molar-refractivity contribution in [1.29, 1.82) is 0 Å². The van der Waals surface area contributed by atoms with E-state index in [1.165, 1.54) is 4.31 Å². The van der Waals surface area contributed by atoms with Crippen molar-refractivity contribution in [2.24, 2.45) is 5.73 Å². The summed E-state index contributed by atoms with van der Waals surface area (Å²) in [6.45, 7) is 3.35. The highest BCUT2D eigenvalue weighted by atomic mass is 32.2. The number of hydrogen-bond acceptors (Lipinski definition) is 3. The van der Waals surface area contributed by atoms with Gasteiger partial charge in [0.15, 0.2) is 0 Å². The minimum atomic E-state index is -3.44. The first-order valence-electron chi connectivity index (χ1n) is 6.60. The molecule has 1 aromatic carbocycles. The van der Waals surface area contributed by atoms with Crippen molar-refractivity contribution < 1.29 is 8.42 Å². The Hall–Kier alpha value is -1.55. The number of anilines is 1. The predicted octanol–water partition coefficient (Wildman–Crippen LogP) is 1.06. The monoisotopic (exact) mass is 293 g/mol. The highest BCUT2D eigenvalue weighted by Crippen LogP contribution is 2.20. The lowest BCUT2D eigenvalue weighted by molar-refractivity contribution is 0.482. The highest BCUT2D eigenvalue weighted by molar-refractivity contribution is 7.90. The van der Waals surface area contributed by atoms with Gasteiger partial charge in [0.1, 0.15) is 0 Å². The van der Waals surface area contributed by atoms with Gasteiger partial charge < -0.3 is 5.73 Å². The summed E-state index contributed by atoms with van der Waals surface area (Å²) in [5.74, 6) is 5.70. The molecule has 1 saturated heterocycles. The van der Waals surface area contributed by atoms with Crippen LogP contribution in [0.5, 0.6) is 0 Å². The molecule has 0 saturated carbocycles. The van der Waals surface area contributed by atoms with Crippen LogP contribution in [0, 0.1) is 18.8 Å². The first-order valence-corrected chi connectivity index (χ1v) is 8.04. The van der Waals surface area contributed by atoms with Crippen LogP contribution in [0.3, 0.4) is 0 Å². The van der Waals surface area contributed by atoms with Crippen LogP contribution in [0.1, 0.15) is 24.0 Å². The molecule has 3 N–H and O–H groups in total. The van der Waals surface area contributed by atoms with E-state index in [1.807, 2.05) is 13.0 Å². The zero-order chi connectivity index (χ0) is 14.6. The van der Waals surface area contributed by atoms with E-state index in [4.69, 9.17) is 5.73 Å². The summed E-state index contributed by atoms with van der Waals surface area (Å²) in [4.78, 5) is 0. The largest absolute Gasteiger partial charge is 0.320 e. The molecule has 0 aromatic heterocycles. The molecule has 1 aliphatic heterocycles. The molecule has 0 spiro atoms. The second-order valence-electron chi connectivity index (χ2n) is 4.75. The minimum absolute atomic E-state index is 0.308. The zero-order valence-electron chi connectivity index (χ0n) is 11.5. The Balaban J connectivity index is 2.17. The van der Waals surface area contributed by atoms with Gasteiger partial charge in [-0.15, -0.1) is 0 Å². The molecule has 1 aromatic rings. The van der Waals surface area contributed by atoms with Crippen molar-refractivity contribution in [1.82, 2.24) is 4.31 Å². The predicted molar refractivity (Wildman–Crippen MR) is 80.5 cm³/mol. The molecule has 6 heteroatoms. The zero-order valence-corrected chi connectivity index (χ0v) is 12.3. The lowest BCUT2D eigenvalue weighted by Gasteiger charge is -2.18. The molecule has 0 atom stereocenters. The second kappa shape index (κ2) is 6.27. The van der Waals surface area contributed by atoms with Crippen LogP contribution in [0.25, 0.3) is 0 Å². The van der Waals surface area contributed by atoms with Gasteiger partial charge in [0, 0.05) is 18.7 Å². The van der Waals surface area contributed by atoms with E-state index < -0.39 is 10.2 Å². The van der Waals surface area contributed by atoms with Crippen LogP contribution >= 0.6 is 0 Å². The molecular weight excluding hydrogens is 274 g/mol. The maximum absolute atomic E-state index is 12.2. The summed E-state index contributed by atoms with van der Waals surface area (Å²) in [7, 11) is -3.44. The average molecular weight is 293 g/mol. The Labute approximate surface area is 120 Å². The van der Waals surface area contributed by atoms with Gasteiger partial charge in [0.25, 0.3) is 0 Å². The summed E-state index contributed by atoms with van der Waals surface area (Å²) >= 11 is 0. The topological polar surface area (TPSA) is 75.4 Å². The van der Waals surface area contributed by atoms with Gasteiger partial charge in [-0.25, -0.2) is 0 Å². The number of aryl methyl sites for hydroxylation is 1. The van der Waals surface area contributed by atoms with Gasteiger partial charge in [0.05, 0.1) is 12.2 Å². The van der Waals surface area contributed by atoms with E-state index >= 15 is 0 Å². The Morgan fingerprint density at radius 3 is 2.65 bits per heavy atom. The first kappa shape index (κ1) is 14.9. The van der Waals surface area contributed by atoms with E-state index in [9.17, 15) is 8.42 Å². The van der Waals surface area contributed by atoms with Gasteiger partial charge in [-0.05, 0) is 43.5 Å². The molecule has 0 aliphatic carbocycles. The van der Waals surface area contributed by atoms with Crippen LogP contribution in [0.15, 0.2) is 18.2 Å². The molecule has 108 valence electrons. The SMILES string of the molecule is Cc1cc(C#CCN)ccc1NS(=O)(=O)N1CCCC1. The molecule has 1 heterocycles. The number of benzene rings is 1. The van der Waals surface area contributed by atoms with Crippen molar-refractivity contribution >= 4 is 15.9 Å². The molecule has 2 rings (SSSR count). The Morgan fingerprint density at radius 2 is 2.05 bits per heavy atom. The van der Waals surface area contributed by atoms with E-state index in [2.05, 4.69) is 16.6 Å². The minimum Gasteiger partial charge on any atom is -0.320 e. The average Bonchev–Trinajstić information content (AvgIpc) is 2.94. The van der Waals surface area contributed by atoms with Gasteiger partial charge in [-0.2, -0.15) is 12.7 Å². The quantitative estimate of drug-likeness (QED) is 0.818. The van der Waals surface area contributed by atoms with Gasteiger partial charge in [0.2, 0.25) is 0 Å². The molecule has 0 bridgehead atoms. The van der Waals surface area contributed by atoms with Crippen LogP contribution in [0.2, 0.25) is 0 Å². The molecule has 0 radical (unpaired) electrons. The van der Waals surface area contributed by atoms with E-state index in [0.717, 1.165) is 24.0 Å². The first-order chi connectivity index (χ1) is 9.53.